The summed E-state index contributed by atoms with van der Waals surface area (Å²) in [5.41, 5.74) is 1.98. The van der Waals surface area contributed by atoms with E-state index in [1.165, 1.54) is 0 Å². The third kappa shape index (κ3) is 3.26. The number of halogens is 1. The second kappa shape index (κ2) is 5.40. The molecule has 0 radical (unpaired) electrons. The van der Waals surface area contributed by atoms with E-state index >= 15 is 0 Å². The van der Waals surface area contributed by atoms with E-state index in [-0.39, 0.29) is 11.4 Å². The molecule has 1 unspecified atom stereocenters. The Morgan fingerprint density at radius 1 is 1.38 bits per heavy atom. The molecule has 0 aliphatic carbocycles. The highest BCUT2D eigenvalue weighted by Gasteiger charge is 2.32. The number of aromatic nitrogens is 2. The van der Waals surface area contributed by atoms with Crippen LogP contribution in [0, 0.1) is 6.92 Å². The van der Waals surface area contributed by atoms with Crippen LogP contribution in [-0.2, 0) is 9.47 Å². The van der Waals surface area contributed by atoms with Gasteiger partial charge in [0.15, 0.2) is 5.79 Å². The van der Waals surface area contributed by atoms with Crippen LogP contribution < -0.4 is 5.32 Å². The van der Waals surface area contributed by atoms with Gasteiger partial charge < -0.3 is 14.8 Å². The van der Waals surface area contributed by atoms with Gasteiger partial charge >= 0.3 is 0 Å². The first-order chi connectivity index (χ1) is 9.93. The molecule has 1 saturated heterocycles. The van der Waals surface area contributed by atoms with Crippen LogP contribution in [0.5, 0.6) is 0 Å². The zero-order valence-corrected chi connectivity index (χ0v) is 13.1. The van der Waals surface area contributed by atoms with Crippen LogP contribution >= 0.6 is 11.6 Å². The fraction of sp³-hybridized carbons (Fsp3) is 0.467. The number of rotatable bonds is 3. The van der Waals surface area contributed by atoms with Crippen molar-refractivity contribution in [2.24, 2.45) is 0 Å². The highest BCUT2D eigenvalue weighted by molar-refractivity contribution is 6.28. The van der Waals surface area contributed by atoms with E-state index < -0.39 is 5.79 Å². The second-order valence-electron chi connectivity index (χ2n) is 5.69. The molecule has 1 aliphatic rings. The monoisotopic (exact) mass is 307 g/mol. The van der Waals surface area contributed by atoms with Gasteiger partial charge in [0, 0.05) is 11.9 Å². The van der Waals surface area contributed by atoms with Crippen LogP contribution in [0.3, 0.4) is 0 Å². The van der Waals surface area contributed by atoms with E-state index in [0.717, 1.165) is 22.3 Å². The van der Waals surface area contributed by atoms with E-state index in [9.17, 15) is 0 Å². The van der Waals surface area contributed by atoms with Crippen molar-refractivity contribution in [3.63, 3.8) is 0 Å². The van der Waals surface area contributed by atoms with E-state index in [4.69, 9.17) is 21.1 Å². The molecule has 1 aliphatic heterocycles. The largest absolute Gasteiger partial charge is 0.367 e. The molecular weight excluding hydrogens is 290 g/mol. The van der Waals surface area contributed by atoms with Gasteiger partial charge in [-0.15, -0.1) is 0 Å². The molecule has 1 aromatic heterocycles. The molecule has 0 spiro atoms. The van der Waals surface area contributed by atoms with E-state index in [0.29, 0.717) is 13.2 Å². The highest BCUT2D eigenvalue weighted by atomic mass is 35.5. The highest BCUT2D eigenvalue weighted by Crippen LogP contribution is 2.25. The molecule has 1 N–H and O–H groups in total. The zero-order chi connectivity index (χ0) is 15.0. The first kappa shape index (κ1) is 14.5. The Labute approximate surface area is 128 Å². The first-order valence-electron chi connectivity index (χ1n) is 6.92. The number of nitrogens with zero attached hydrogens (tertiary/aromatic N) is 2. The van der Waals surface area contributed by atoms with Crippen molar-refractivity contribution in [3.8, 4) is 0 Å². The Kier molecular flexibility index (Phi) is 3.73. The molecule has 112 valence electrons. The van der Waals surface area contributed by atoms with Crippen molar-refractivity contribution >= 4 is 28.3 Å². The normalized spacial score (nSPS) is 20.9. The van der Waals surface area contributed by atoms with Crippen LogP contribution in [0.2, 0.25) is 5.28 Å². The average Bonchev–Trinajstić information content (AvgIpc) is 2.76. The van der Waals surface area contributed by atoms with Crippen molar-refractivity contribution in [1.82, 2.24) is 9.97 Å². The predicted octanol–water partition coefficient (Wildman–Crippen LogP) is 3.16. The van der Waals surface area contributed by atoms with Gasteiger partial charge in [-0.05, 0) is 44.5 Å². The lowest BCUT2D eigenvalue weighted by molar-refractivity contribution is -0.136. The molecule has 0 bridgehead atoms. The molecule has 1 aromatic carbocycles. The minimum Gasteiger partial charge on any atom is -0.367 e. The van der Waals surface area contributed by atoms with Gasteiger partial charge in [-0.1, -0.05) is 11.6 Å². The van der Waals surface area contributed by atoms with Gasteiger partial charge in [0.05, 0.1) is 12.1 Å². The van der Waals surface area contributed by atoms with Crippen LogP contribution in [-0.4, -0.2) is 35.0 Å². The van der Waals surface area contributed by atoms with Gasteiger partial charge in [-0.2, -0.15) is 0 Å². The SMILES string of the molecule is Cc1ccc2nc(Cl)nc(NCC3COC(C)(C)O3)c2c1. The predicted molar refractivity (Wildman–Crippen MR) is 82.7 cm³/mol. The molecule has 21 heavy (non-hydrogen) atoms. The summed E-state index contributed by atoms with van der Waals surface area (Å²) in [6.07, 6.45) is -0.00593. The number of fused-ring (bicyclic) bond motifs is 1. The summed E-state index contributed by atoms with van der Waals surface area (Å²) in [5, 5.41) is 4.48. The van der Waals surface area contributed by atoms with Crippen molar-refractivity contribution in [2.45, 2.75) is 32.7 Å². The lowest BCUT2D eigenvalue weighted by atomic mass is 10.1. The van der Waals surface area contributed by atoms with Gasteiger partial charge in [-0.25, -0.2) is 9.97 Å². The third-order valence-electron chi connectivity index (χ3n) is 3.39. The molecule has 0 saturated carbocycles. The Bertz CT molecular complexity index is 675. The number of hydrogen-bond donors (Lipinski definition) is 1. The number of aryl methyl sites for hydroxylation is 1. The standard InChI is InChI=1S/C15H18ClN3O2/c1-9-4-5-12-11(6-9)13(19-14(16)18-12)17-7-10-8-20-15(2,3)21-10/h4-6,10H,7-8H2,1-3H3,(H,17,18,19). The molecule has 0 amide bonds. The number of benzene rings is 1. The van der Waals surface area contributed by atoms with E-state index in [2.05, 4.69) is 15.3 Å². The summed E-state index contributed by atoms with van der Waals surface area (Å²) in [7, 11) is 0. The van der Waals surface area contributed by atoms with Gasteiger partial charge in [0.1, 0.15) is 11.9 Å². The summed E-state index contributed by atoms with van der Waals surface area (Å²) < 4.78 is 11.3. The quantitative estimate of drug-likeness (QED) is 0.883. The molecule has 3 rings (SSSR count). The maximum absolute atomic E-state index is 5.99. The average molecular weight is 308 g/mol. The molecule has 6 heteroatoms. The minimum atomic E-state index is -0.520. The van der Waals surface area contributed by atoms with Crippen molar-refractivity contribution in [3.05, 3.63) is 29.0 Å². The fourth-order valence-electron chi connectivity index (χ4n) is 2.42. The lowest BCUT2D eigenvalue weighted by Gasteiger charge is -2.17. The minimum absolute atomic E-state index is 0.00593. The Morgan fingerprint density at radius 2 is 2.19 bits per heavy atom. The zero-order valence-electron chi connectivity index (χ0n) is 12.3. The molecule has 1 fully saturated rings. The number of anilines is 1. The Balaban J connectivity index is 1.82. The molecule has 2 heterocycles. The summed E-state index contributed by atoms with van der Waals surface area (Å²) in [5.74, 6) is 0.205. The van der Waals surface area contributed by atoms with Crippen molar-refractivity contribution in [1.29, 1.82) is 0 Å². The van der Waals surface area contributed by atoms with Gasteiger partial charge in [0.25, 0.3) is 0 Å². The second-order valence-corrected chi connectivity index (χ2v) is 6.03. The number of nitrogens with one attached hydrogen (secondary N) is 1. The molecular formula is C15H18ClN3O2. The first-order valence-corrected chi connectivity index (χ1v) is 7.30. The van der Waals surface area contributed by atoms with Crippen LogP contribution in [0.15, 0.2) is 18.2 Å². The smallest absolute Gasteiger partial charge is 0.224 e. The maximum atomic E-state index is 5.99. The van der Waals surface area contributed by atoms with E-state index in [1.807, 2.05) is 39.0 Å². The summed E-state index contributed by atoms with van der Waals surface area (Å²) >= 11 is 5.99. The van der Waals surface area contributed by atoms with Crippen LogP contribution in [0.25, 0.3) is 10.9 Å². The Hall–Kier alpha value is -1.43. The number of hydrogen-bond acceptors (Lipinski definition) is 5. The number of ether oxygens (including phenoxy) is 2. The Morgan fingerprint density at radius 3 is 2.90 bits per heavy atom. The van der Waals surface area contributed by atoms with Crippen molar-refractivity contribution < 1.29 is 9.47 Å². The van der Waals surface area contributed by atoms with E-state index in [1.54, 1.807) is 0 Å². The topological polar surface area (TPSA) is 56.3 Å². The van der Waals surface area contributed by atoms with Gasteiger partial charge in [-0.3, -0.25) is 0 Å². The summed E-state index contributed by atoms with van der Waals surface area (Å²) in [4.78, 5) is 8.53. The fourth-order valence-corrected chi connectivity index (χ4v) is 2.60. The van der Waals surface area contributed by atoms with Crippen molar-refractivity contribution in [2.75, 3.05) is 18.5 Å². The summed E-state index contributed by atoms with van der Waals surface area (Å²) in [6.45, 7) is 7.03. The van der Waals surface area contributed by atoms with Crippen LogP contribution in [0.4, 0.5) is 5.82 Å². The molecule has 1 atom stereocenters. The maximum Gasteiger partial charge on any atom is 0.224 e. The third-order valence-corrected chi connectivity index (χ3v) is 3.56. The molecule has 5 nitrogen and oxygen atoms in total. The van der Waals surface area contributed by atoms with Gasteiger partial charge in [0.2, 0.25) is 5.28 Å². The van der Waals surface area contributed by atoms with Crippen LogP contribution in [0.1, 0.15) is 19.4 Å². The molecule has 2 aromatic rings. The lowest BCUT2D eigenvalue weighted by Crippen LogP contribution is -2.26. The summed E-state index contributed by atoms with van der Waals surface area (Å²) in [6, 6.07) is 6.00.